The normalized spacial score (nSPS) is 19.4. The second-order valence-corrected chi connectivity index (χ2v) is 15.0. The number of aromatic nitrogens is 2. The number of piperazine rings is 1. The molecular weight excluding hydrogens is 586 g/mol. The van der Waals surface area contributed by atoms with E-state index in [0.717, 1.165) is 24.2 Å². The number of fused-ring (bicyclic) bond motifs is 1. The van der Waals surface area contributed by atoms with E-state index >= 15 is 0 Å². The summed E-state index contributed by atoms with van der Waals surface area (Å²) in [7, 11) is -4.04. The molecule has 1 spiro atoms. The molecule has 240 valence electrons. The van der Waals surface area contributed by atoms with Crippen LogP contribution in [0.15, 0.2) is 23.1 Å². The predicted molar refractivity (Wildman–Crippen MR) is 162 cm³/mol. The number of carboxylic acid groups (broad SMARTS) is 1. The van der Waals surface area contributed by atoms with Crippen LogP contribution >= 0.6 is 0 Å². The van der Waals surface area contributed by atoms with Crippen molar-refractivity contribution in [1.82, 2.24) is 24.3 Å². The maximum atomic E-state index is 13.9. The van der Waals surface area contributed by atoms with Crippen molar-refractivity contribution in [1.29, 1.82) is 0 Å². The number of rotatable bonds is 8. The zero-order chi connectivity index (χ0) is 31.9. The number of ether oxygens (including phenoxy) is 1. The molecule has 12 nitrogen and oxygen atoms in total. The molecule has 2 N–H and O–H groups in total. The van der Waals surface area contributed by atoms with E-state index in [0.29, 0.717) is 44.7 Å². The van der Waals surface area contributed by atoms with Gasteiger partial charge in [0.2, 0.25) is 15.9 Å². The number of carbonyl (C=O) groups is 3. The average molecular weight is 630 g/mol. The Balaban J connectivity index is 1.49. The molecule has 2 saturated heterocycles. The minimum atomic E-state index is -4.04. The van der Waals surface area contributed by atoms with Crippen LogP contribution in [0.2, 0.25) is 0 Å². The number of aryl methyl sites for hydroxylation is 1. The molecule has 1 aromatic carbocycles. The quantitative estimate of drug-likeness (QED) is 0.452. The molecule has 2 amide bonds. The number of hydrogen-bond donors (Lipinski definition) is 2. The molecule has 5 rings (SSSR count). The molecule has 3 aliphatic rings. The molecule has 2 fully saturated rings. The fraction of sp³-hybridized carbons (Fsp3) is 0.613. The lowest BCUT2D eigenvalue weighted by Gasteiger charge is -2.36. The number of nitrogens with zero attached hydrogens (tertiary/aromatic N) is 4. The molecule has 3 aliphatic heterocycles. The number of aromatic carboxylic acids is 1. The minimum Gasteiger partial charge on any atom is -0.478 e. The lowest BCUT2D eigenvalue weighted by atomic mass is 9.76. The van der Waals surface area contributed by atoms with E-state index in [1.54, 1.807) is 4.90 Å². The summed E-state index contributed by atoms with van der Waals surface area (Å²) >= 11 is 0. The zero-order valence-electron chi connectivity index (χ0n) is 26.0. The molecule has 1 aromatic heterocycles. The van der Waals surface area contributed by atoms with Crippen LogP contribution in [0, 0.1) is 10.8 Å². The van der Waals surface area contributed by atoms with Gasteiger partial charge in [0.25, 0.3) is 5.91 Å². The predicted octanol–water partition coefficient (Wildman–Crippen LogP) is 2.35. The highest BCUT2D eigenvalue weighted by Crippen LogP contribution is 2.39. The summed E-state index contributed by atoms with van der Waals surface area (Å²) in [5, 5.41) is 18.1. The third-order valence-electron chi connectivity index (χ3n) is 9.31. The van der Waals surface area contributed by atoms with Crippen LogP contribution in [0.4, 0.5) is 0 Å². The summed E-state index contributed by atoms with van der Waals surface area (Å²) in [6, 6.07) is 4.37. The van der Waals surface area contributed by atoms with Crippen LogP contribution in [0.3, 0.4) is 0 Å². The van der Waals surface area contributed by atoms with E-state index < -0.39 is 21.4 Å². The summed E-state index contributed by atoms with van der Waals surface area (Å²) in [5.74, 6) is -1.44. The van der Waals surface area contributed by atoms with Crippen LogP contribution in [-0.2, 0) is 45.4 Å². The van der Waals surface area contributed by atoms with Crippen molar-refractivity contribution in [2.24, 2.45) is 10.8 Å². The zero-order valence-corrected chi connectivity index (χ0v) is 26.8. The van der Waals surface area contributed by atoms with E-state index in [1.807, 2.05) is 25.5 Å². The van der Waals surface area contributed by atoms with Gasteiger partial charge in [-0.3, -0.25) is 14.3 Å². The standard InChI is InChI=1S/C31H43N5O7S/c1-5-24-27-25(18-31(19-32-28(27)38)9-15-43-16-10-31)36(33-24)20-30(3,4)17-23-22(29(39)40)7-6-8-26(23)44(41,42)35-13-11-34(12-14-35)21(2)37/h6-8H,5,9-20H2,1-4H3,(H,32,38)(H,39,40). The van der Waals surface area contributed by atoms with Gasteiger partial charge in [-0.2, -0.15) is 9.40 Å². The lowest BCUT2D eigenvalue weighted by Crippen LogP contribution is -2.50. The Morgan fingerprint density at radius 2 is 1.82 bits per heavy atom. The minimum absolute atomic E-state index is 0.0316. The fourth-order valence-electron chi connectivity index (χ4n) is 6.82. The van der Waals surface area contributed by atoms with E-state index in [-0.39, 0.29) is 65.9 Å². The Morgan fingerprint density at radius 3 is 2.43 bits per heavy atom. The SMILES string of the molecule is CCc1nn(CC(C)(C)Cc2c(C(=O)O)cccc2S(=O)(=O)N2CCN(C(C)=O)CC2)c2c1C(=O)NCC1(CCOCC1)C2. The van der Waals surface area contributed by atoms with Crippen molar-refractivity contribution >= 4 is 27.8 Å². The fourth-order valence-corrected chi connectivity index (χ4v) is 8.48. The Labute approximate surface area is 258 Å². The van der Waals surface area contributed by atoms with Crippen molar-refractivity contribution in [3.8, 4) is 0 Å². The Bertz CT molecular complexity index is 1550. The average Bonchev–Trinajstić information content (AvgIpc) is 3.24. The van der Waals surface area contributed by atoms with Gasteiger partial charge >= 0.3 is 5.97 Å². The first-order valence-electron chi connectivity index (χ1n) is 15.3. The maximum absolute atomic E-state index is 13.9. The Kier molecular flexibility index (Phi) is 8.94. The second-order valence-electron chi connectivity index (χ2n) is 13.1. The van der Waals surface area contributed by atoms with Crippen LogP contribution < -0.4 is 5.32 Å². The number of hydrogen-bond acceptors (Lipinski definition) is 7. The highest BCUT2D eigenvalue weighted by atomic mass is 32.2. The van der Waals surface area contributed by atoms with E-state index in [1.165, 1.54) is 29.4 Å². The Hall–Kier alpha value is -3.29. The van der Waals surface area contributed by atoms with Gasteiger partial charge in [0, 0.05) is 59.4 Å². The maximum Gasteiger partial charge on any atom is 0.336 e. The molecule has 2 aromatic rings. The number of carboxylic acids is 1. The summed E-state index contributed by atoms with van der Waals surface area (Å²) in [4.78, 5) is 39.1. The van der Waals surface area contributed by atoms with Crippen molar-refractivity contribution in [3.05, 3.63) is 46.3 Å². The van der Waals surface area contributed by atoms with Crippen LogP contribution in [0.25, 0.3) is 0 Å². The molecule has 0 radical (unpaired) electrons. The van der Waals surface area contributed by atoms with Crippen LogP contribution in [0.1, 0.15) is 78.2 Å². The topological polar surface area (TPSA) is 151 Å². The van der Waals surface area contributed by atoms with Crippen molar-refractivity contribution < 1.29 is 32.6 Å². The number of nitrogens with one attached hydrogen (secondary N) is 1. The number of carbonyl (C=O) groups excluding carboxylic acids is 2. The number of sulfonamides is 1. The van der Waals surface area contributed by atoms with Crippen LogP contribution in [0.5, 0.6) is 0 Å². The van der Waals surface area contributed by atoms with Crippen LogP contribution in [-0.4, -0.2) is 96.2 Å². The molecule has 44 heavy (non-hydrogen) atoms. The summed E-state index contributed by atoms with van der Waals surface area (Å²) in [6.45, 7) is 10.4. The molecule has 4 heterocycles. The summed E-state index contributed by atoms with van der Waals surface area (Å²) < 4.78 is 36.7. The molecule has 13 heteroatoms. The van der Waals surface area contributed by atoms with Gasteiger partial charge in [-0.25, -0.2) is 13.2 Å². The first kappa shape index (κ1) is 32.1. The second kappa shape index (κ2) is 12.2. The van der Waals surface area contributed by atoms with Crippen molar-refractivity contribution in [2.75, 3.05) is 45.9 Å². The van der Waals surface area contributed by atoms with Gasteiger partial charge in [-0.1, -0.05) is 26.8 Å². The van der Waals surface area contributed by atoms with Gasteiger partial charge in [0.1, 0.15) is 0 Å². The molecular formula is C31H43N5O7S. The van der Waals surface area contributed by atoms with Gasteiger partial charge < -0.3 is 20.1 Å². The largest absolute Gasteiger partial charge is 0.478 e. The molecule has 0 bridgehead atoms. The monoisotopic (exact) mass is 629 g/mol. The third kappa shape index (κ3) is 6.27. The van der Waals surface area contributed by atoms with E-state index in [9.17, 15) is 27.9 Å². The molecule has 0 unspecified atom stereocenters. The first-order valence-corrected chi connectivity index (χ1v) is 16.8. The van der Waals surface area contributed by atoms with Gasteiger partial charge in [-0.15, -0.1) is 0 Å². The molecule has 0 aliphatic carbocycles. The summed E-state index contributed by atoms with van der Waals surface area (Å²) in [5.41, 5.74) is 1.62. The van der Waals surface area contributed by atoms with E-state index in [2.05, 4.69) is 5.32 Å². The highest BCUT2D eigenvalue weighted by Gasteiger charge is 2.41. The Morgan fingerprint density at radius 1 is 1.14 bits per heavy atom. The summed E-state index contributed by atoms with van der Waals surface area (Å²) in [6.07, 6.45) is 3.07. The number of amides is 2. The van der Waals surface area contributed by atoms with Gasteiger partial charge in [0.05, 0.1) is 27.4 Å². The third-order valence-corrected chi connectivity index (χ3v) is 11.3. The molecule has 0 saturated carbocycles. The van der Waals surface area contributed by atoms with Gasteiger partial charge in [-0.05, 0) is 60.6 Å². The lowest BCUT2D eigenvalue weighted by molar-refractivity contribution is -0.129. The van der Waals surface area contributed by atoms with Crippen molar-refractivity contribution in [3.63, 3.8) is 0 Å². The first-order chi connectivity index (χ1) is 20.8. The van der Waals surface area contributed by atoms with Gasteiger partial charge in [0.15, 0.2) is 0 Å². The molecule has 0 atom stereocenters. The van der Waals surface area contributed by atoms with E-state index in [4.69, 9.17) is 9.84 Å². The number of benzene rings is 1. The smallest absolute Gasteiger partial charge is 0.336 e. The van der Waals surface area contributed by atoms with Crippen molar-refractivity contribution in [2.45, 2.75) is 71.2 Å². The highest BCUT2D eigenvalue weighted by molar-refractivity contribution is 7.89.